The van der Waals surface area contributed by atoms with Gasteiger partial charge in [0.1, 0.15) is 6.61 Å². The normalized spacial score (nSPS) is 14.7. The van der Waals surface area contributed by atoms with Crippen LogP contribution in [0.1, 0.15) is 55.4 Å². The van der Waals surface area contributed by atoms with Gasteiger partial charge in [0.25, 0.3) is 5.91 Å². The summed E-state index contributed by atoms with van der Waals surface area (Å²) in [6.45, 7) is 6.47. The van der Waals surface area contributed by atoms with E-state index < -0.39 is 96.8 Å². The topological polar surface area (TPSA) is 230 Å². The first-order valence-corrected chi connectivity index (χ1v) is 11.8. The lowest BCUT2D eigenvalue weighted by Gasteiger charge is -2.39. The summed E-state index contributed by atoms with van der Waals surface area (Å²) in [6.07, 6.45) is -12.3. The molecule has 1 N–H and O–H groups in total. The zero-order valence-corrected chi connectivity index (χ0v) is 23.7. The van der Waals surface area contributed by atoms with Crippen molar-refractivity contribution < 1.29 is 76.3 Å². The smallest absolute Gasteiger partial charge is 0.303 e. The molecule has 6 unspecified atom stereocenters. The van der Waals surface area contributed by atoms with Gasteiger partial charge >= 0.3 is 41.8 Å². The highest BCUT2D eigenvalue weighted by atomic mass is 16.7. The molecule has 17 nitrogen and oxygen atoms in total. The molecule has 6 atom stereocenters. The molecule has 0 aromatic carbocycles. The van der Waals surface area contributed by atoms with Crippen molar-refractivity contribution in [3.8, 4) is 0 Å². The Morgan fingerprint density at radius 1 is 0.463 bits per heavy atom. The van der Waals surface area contributed by atoms with Crippen LogP contribution in [0.5, 0.6) is 0 Å². The summed E-state index contributed by atoms with van der Waals surface area (Å²) in [6, 6.07) is 0. The van der Waals surface area contributed by atoms with E-state index in [2.05, 4.69) is 0 Å². The molecule has 0 rings (SSSR count). The van der Waals surface area contributed by atoms with Crippen molar-refractivity contribution in [3.63, 3.8) is 0 Å². The quantitative estimate of drug-likeness (QED) is 0.185. The maximum Gasteiger partial charge on any atom is 0.303 e. The minimum Gasteiger partial charge on any atom is -0.462 e. The van der Waals surface area contributed by atoms with E-state index >= 15 is 0 Å². The van der Waals surface area contributed by atoms with E-state index in [4.69, 9.17) is 33.2 Å². The number of hydrogen-bond acceptors (Lipinski definition) is 16. The Bertz CT molecular complexity index is 1040. The zero-order valence-electron chi connectivity index (χ0n) is 23.7. The molecule has 0 radical (unpaired) electrons. The molecule has 0 fully saturated rings. The third-order valence-corrected chi connectivity index (χ3v) is 4.46. The average molecular weight is 592 g/mol. The van der Waals surface area contributed by atoms with E-state index in [9.17, 15) is 43.2 Å². The van der Waals surface area contributed by atoms with Crippen LogP contribution in [0.3, 0.4) is 0 Å². The first kappa shape index (κ1) is 36.4. The van der Waals surface area contributed by atoms with Crippen LogP contribution in [0.25, 0.3) is 0 Å². The van der Waals surface area contributed by atoms with Gasteiger partial charge in [-0.15, -0.1) is 0 Å². The van der Waals surface area contributed by atoms with Gasteiger partial charge in [-0.25, -0.2) is 0 Å². The number of amides is 2. The van der Waals surface area contributed by atoms with Gasteiger partial charge in [-0.2, -0.15) is 0 Å². The predicted molar refractivity (Wildman–Crippen MR) is 129 cm³/mol. The van der Waals surface area contributed by atoms with Crippen molar-refractivity contribution >= 4 is 53.6 Å². The fourth-order valence-corrected chi connectivity index (χ4v) is 3.37. The van der Waals surface area contributed by atoms with Gasteiger partial charge < -0.3 is 33.2 Å². The summed E-state index contributed by atoms with van der Waals surface area (Å²) in [5, 5.41) is 1.83. The molecular weight excluding hydrogens is 558 g/mol. The molecule has 0 bridgehead atoms. The maximum atomic E-state index is 12.9. The molecule has 0 aliphatic rings. The monoisotopic (exact) mass is 591 g/mol. The van der Waals surface area contributed by atoms with E-state index in [-0.39, 0.29) is 0 Å². The summed E-state index contributed by atoms with van der Waals surface area (Å²) in [7, 11) is 0. The fraction of sp³-hybridized carbons (Fsp3) is 0.625. The Morgan fingerprint density at radius 3 is 1.20 bits per heavy atom. The summed E-state index contributed by atoms with van der Waals surface area (Å²) in [4.78, 5) is 108. The van der Waals surface area contributed by atoms with Crippen molar-refractivity contribution in [1.29, 1.82) is 0 Å². The molecule has 230 valence electrons. The Balaban J connectivity index is 7.43. The Hall–Kier alpha value is -4.57. The molecule has 0 aliphatic heterocycles. The van der Waals surface area contributed by atoms with E-state index in [1.807, 2.05) is 5.32 Å². The average Bonchev–Trinajstić information content (AvgIpc) is 2.78. The largest absolute Gasteiger partial charge is 0.462 e. The van der Waals surface area contributed by atoms with Gasteiger partial charge in [0.15, 0.2) is 30.5 Å². The van der Waals surface area contributed by atoms with Crippen LogP contribution in [-0.4, -0.2) is 96.8 Å². The lowest BCUT2D eigenvalue weighted by Crippen LogP contribution is -2.61. The Labute approximate surface area is 234 Å². The van der Waals surface area contributed by atoms with Crippen LogP contribution in [0.2, 0.25) is 0 Å². The van der Waals surface area contributed by atoms with E-state index in [0.29, 0.717) is 0 Å². The minimum atomic E-state index is -2.22. The number of imide groups is 1. The summed E-state index contributed by atoms with van der Waals surface area (Å²) < 4.78 is 35.9. The second-order valence-electron chi connectivity index (χ2n) is 8.32. The summed E-state index contributed by atoms with van der Waals surface area (Å²) >= 11 is 0. The van der Waals surface area contributed by atoms with Crippen LogP contribution in [-0.2, 0) is 76.3 Å². The van der Waals surface area contributed by atoms with E-state index in [1.165, 1.54) is 0 Å². The van der Waals surface area contributed by atoms with Gasteiger partial charge in [0.2, 0.25) is 12.0 Å². The zero-order chi connectivity index (χ0) is 32.0. The summed E-state index contributed by atoms with van der Waals surface area (Å²) in [5.74, 6) is -9.70. The van der Waals surface area contributed by atoms with Crippen LogP contribution in [0.4, 0.5) is 0 Å². The maximum absolute atomic E-state index is 12.9. The van der Waals surface area contributed by atoms with Crippen molar-refractivity contribution in [2.45, 2.75) is 92.0 Å². The van der Waals surface area contributed by atoms with Crippen molar-refractivity contribution in [2.75, 3.05) is 6.61 Å². The highest BCUT2D eigenvalue weighted by Crippen LogP contribution is 2.26. The highest BCUT2D eigenvalue weighted by Gasteiger charge is 2.52. The SMILES string of the molecule is CC(=O)NC(=O)C(OC(C)=O)C(OC(C)=O)C(OC(C)=O)C(OC(C)=O)C(OC(C)=O)C(COC(C)=O)OC(C)=O. The van der Waals surface area contributed by atoms with Crippen molar-refractivity contribution in [3.05, 3.63) is 0 Å². The molecule has 17 heteroatoms. The third-order valence-electron chi connectivity index (χ3n) is 4.46. The number of ether oxygens (including phenoxy) is 7. The number of hydrogen-bond donors (Lipinski definition) is 1. The van der Waals surface area contributed by atoms with Gasteiger partial charge in [-0.3, -0.25) is 48.5 Å². The first-order valence-electron chi connectivity index (χ1n) is 11.8. The van der Waals surface area contributed by atoms with Gasteiger partial charge in [-0.1, -0.05) is 0 Å². The van der Waals surface area contributed by atoms with Gasteiger partial charge in [-0.05, 0) is 0 Å². The van der Waals surface area contributed by atoms with Gasteiger partial charge in [0, 0.05) is 55.4 Å². The number of carbonyl (C=O) groups is 9. The number of esters is 7. The number of carbonyl (C=O) groups excluding carboxylic acids is 9. The molecule has 0 heterocycles. The molecule has 2 amide bonds. The molecule has 0 saturated heterocycles. The van der Waals surface area contributed by atoms with E-state index in [0.717, 1.165) is 55.4 Å². The number of nitrogens with one attached hydrogen (secondary N) is 1. The number of rotatable bonds is 14. The highest BCUT2D eigenvalue weighted by molar-refractivity contribution is 5.97. The lowest BCUT2D eigenvalue weighted by atomic mass is 9.94. The van der Waals surface area contributed by atoms with Gasteiger partial charge in [0.05, 0.1) is 0 Å². The standard InChI is InChI=1S/C24H33NO16/c1-10(26)25-24(34)23(41-17(8)33)22(40-16(7)32)21(39-15(6)31)20(38-14(5)30)19(37-13(4)29)18(36-12(3)28)9-35-11(2)27/h18-23H,9H2,1-8H3,(H,25,26,34). The molecule has 0 aromatic heterocycles. The molecule has 0 aliphatic carbocycles. The first-order chi connectivity index (χ1) is 18.8. The van der Waals surface area contributed by atoms with Crippen molar-refractivity contribution in [1.82, 2.24) is 5.32 Å². The van der Waals surface area contributed by atoms with E-state index in [1.54, 1.807) is 0 Å². The second-order valence-corrected chi connectivity index (χ2v) is 8.32. The van der Waals surface area contributed by atoms with Crippen LogP contribution >= 0.6 is 0 Å². The second kappa shape index (κ2) is 17.2. The molecule has 41 heavy (non-hydrogen) atoms. The molecule has 0 aromatic rings. The lowest BCUT2D eigenvalue weighted by molar-refractivity contribution is -0.221. The van der Waals surface area contributed by atoms with Crippen LogP contribution < -0.4 is 5.32 Å². The predicted octanol–water partition coefficient (Wildman–Crippen LogP) is -1.20. The summed E-state index contributed by atoms with van der Waals surface area (Å²) in [5.41, 5.74) is 0. The molecule has 0 spiro atoms. The Morgan fingerprint density at radius 2 is 0.829 bits per heavy atom. The molecular formula is C24H33NO16. The van der Waals surface area contributed by atoms with Crippen LogP contribution in [0.15, 0.2) is 0 Å². The van der Waals surface area contributed by atoms with Crippen LogP contribution in [0, 0.1) is 0 Å². The molecule has 0 saturated carbocycles. The minimum absolute atomic E-state index is 0.784. The fourth-order valence-electron chi connectivity index (χ4n) is 3.37. The Kier molecular flexibility index (Phi) is 15.3. The van der Waals surface area contributed by atoms with Crippen molar-refractivity contribution in [2.24, 2.45) is 0 Å². The third kappa shape index (κ3) is 14.4.